The average molecular weight is 344 g/mol. The normalized spacial score (nSPS) is 24.1. The minimum Gasteiger partial charge on any atom is -0.338 e. The van der Waals surface area contributed by atoms with Crippen LogP contribution in [0.5, 0.6) is 0 Å². The molecule has 2 saturated heterocycles. The van der Waals surface area contributed by atoms with E-state index in [1.807, 2.05) is 17.8 Å². The van der Waals surface area contributed by atoms with Crippen LogP contribution in [0, 0.1) is 5.92 Å². The number of hydrogen-bond donors (Lipinski definition) is 0. The SMILES string of the molecule is Cn1ccnc1CC1CCN(C2CCN(CC(F)(F)F)C2=O)CC1. The number of amides is 1. The number of hydrogen-bond acceptors (Lipinski definition) is 3. The second kappa shape index (κ2) is 6.74. The number of alkyl halides is 3. The van der Waals surface area contributed by atoms with Crippen LogP contribution in [0.1, 0.15) is 25.1 Å². The number of aromatic nitrogens is 2. The zero-order valence-corrected chi connectivity index (χ0v) is 13.8. The highest BCUT2D eigenvalue weighted by Crippen LogP contribution is 2.27. The molecule has 1 atom stereocenters. The topological polar surface area (TPSA) is 41.4 Å². The molecule has 134 valence electrons. The summed E-state index contributed by atoms with van der Waals surface area (Å²) in [5.41, 5.74) is 0. The molecule has 3 rings (SSSR count). The predicted octanol–water partition coefficient (Wildman–Crippen LogP) is 1.84. The van der Waals surface area contributed by atoms with Crippen molar-refractivity contribution in [3.05, 3.63) is 18.2 Å². The molecule has 0 N–H and O–H groups in total. The van der Waals surface area contributed by atoms with Crippen molar-refractivity contribution in [2.24, 2.45) is 13.0 Å². The van der Waals surface area contributed by atoms with Gasteiger partial charge in [-0.3, -0.25) is 9.69 Å². The summed E-state index contributed by atoms with van der Waals surface area (Å²) in [6.07, 6.45) is 2.72. The Hall–Kier alpha value is -1.57. The fraction of sp³-hybridized carbons (Fsp3) is 0.750. The highest BCUT2D eigenvalue weighted by atomic mass is 19.4. The van der Waals surface area contributed by atoms with Crippen LogP contribution >= 0.6 is 0 Å². The van der Waals surface area contributed by atoms with Crippen LogP contribution in [-0.4, -0.2) is 63.7 Å². The van der Waals surface area contributed by atoms with Crippen molar-refractivity contribution in [3.63, 3.8) is 0 Å². The molecule has 0 spiro atoms. The second-order valence-electron chi connectivity index (χ2n) is 6.82. The van der Waals surface area contributed by atoms with Crippen molar-refractivity contribution in [2.45, 2.75) is 37.9 Å². The number of imidazole rings is 1. The number of likely N-dealkylation sites (tertiary alicyclic amines) is 2. The summed E-state index contributed by atoms with van der Waals surface area (Å²) in [5.74, 6) is 1.21. The third kappa shape index (κ3) is 3.91. The van der Waals surface area contributed by atoms with Crippen LogP contribution in [0.2, 0.25) is 0 Å². The number of nitrogens with zero attached hydrogens (tertiary/aromatic N) is 4. The van der Waals surface area contributed by atoms with Crippen LogP contribution in [0.25, 0.3) is 0 Å². The number of carbonyl (C=O) groups excluding carboxylic acids is 1. The van der Waals surface area contributed by atoms with E-state index in [0.717, 1.165) is 43.1 Å². The van der Waals surface area contributed by atoms with Gasteiger partial charge in [0.2, 0.25) is 5.91 Å². The summed E-state index contributed by atoms with van der Waals surface area (Å²) in [6.45, 7) is 0.616. The lowest BCUT2D eigenvalue weighted by Gasteiger charge is -2.35. The molecule has 8 heteroatoms. The second-order valence-corrected chi connectivity index (χ2v) is 6.82. The first-order chi connectivity index (χ1) is 11.3. The van der Waals surface area contributed by atoms with E-state index in [2.05, 4.69) is 9.88 Å². The average Bonchev–Trinajstić information content (AvgIpc) is 3.06. The Morgan fingerprint density at radius 3 is 2.50 bits per heavy atom. The molecule has 2 aliphatic rings. The van der Waals surface area contributed by atoms with Crippen molar-refractivity contribution in [2.75, 3.05) is 26.2 Å². The number of aryl methyl sites for hydroxylation is 1. The molecule has 5 nitrogen and oxygen atoms in total. The van der Waals surface area contributed by atoms with Gasteiger partial charge < -0.3 is 9.47 Å². The van der Waals surface area contributed by atoms with Gasteiger partial charge in [0.1, 0.15) is 12.4 Å². The van der Waals surface area contributed by atoms with E-state index in [0.29, 0.717) is 12.3 Å². The van der Waals surface area contributed by atoms with Gasteiger partial charge in [0.05, 0.1) is 6.04 Å². The van der Waals surface area contributed by atoms with E-state index in [4.69, 9.17) is 0 Å². The van der Waals surface area contributed by atoms with Crippen LogP contribution in [0.4, 0.5) is 13.2 Å². The monoisotopic (exact) mass is 344 g/mol. The molecule has 24 heavy (non-hydrogen) atoms. The summed E-state index contributed by atoms with van der Waals surface area (Å²) in [4.78, 5) is 19.6. The number of rotatable bonds is 4. The van der Waals surface area contributed by atoms with Crippen LogP contribution < -0.4 is 0 Å². The summed E-state index contributed by atoms with van der Waals surface area (Å²) >= 11 is 0. The number of piperidine rings is 1. The van der Waals surface area contributed by atoms with E-state index < -0.39 is 12.7 Å². The summed E-state index contributed by atoms with van der Waals surface area (Å²) in [5, 5.41) is 0. The first-order valence-electron chi connectivity index (χ1n) is 8.39. The third-order valence-corrected chi connectivity index (χ3v) is 5.12. The smallest absolute Gasteiger partial charge is 0.338 e. The predicted molar refractivity (Wildman–Crippen MR) is 82.2 cm³/mol. The quantitative estimate of drug-likeness (QED) is 0.837. The van der Waals surface area contributed by atoms with Crippen molar-refractivity contribution >= 4 is 5.91 Å². The molecule has 1 aromatic rings. The van der Waals surface area contributed by atoms with Crippen molar-refractivity contribution in [1.29, 1.82) is 0 Å². The highest BCUT2D eigenvalue weighted by molar-refractivity contribution is 5.84. The molecule has 1 amide bonds. The first-order valence-corrected chi connectivity index (χ1v) is 8.39. The molecular weight excluding hydrogens is 321 g/mol. The minimum absolute atomic E-state index is 0.205. The molecular formula is C16H23F3N4O. The van der Waals surface area contributed by atoms with E-state index in [1.54, 1.807) is 6.20 Å². The summed E-state index contributed by atoms with van der Waals surface area (Å²) < 4.78 is 39.5. The van der Waals surface area contributed by atoms with E-state index in [1.165, 1.54) is 0 Å². The zero-order valence-electron chi connectivity index (χ0n) is 13.8. The van der Waals surface area contributed by atoms with Gasteiger partial charge in [0.15, 0.2) is 0 Å². The molecule has 0 aromatic carbocycles. The number of carbonyl (C=O) groups is 1. The summed E-state index contributed by atoms with van der Waals surface area (Å²) in [7, 11) is 1.98. The van der Waals surface area contributed by atoms with Gasteiger partial charge in [-0.25, -0.2) is 4.98 Å². The number of halogens is 3. The molecule has 2 fully saturated rings. The van der Waals surface area contributed by atoms with Gasteiger partial charge in [0, 0.05) is 32.4 Å². The molecule has 3 heterocycles. The van der Waals surface area contributed by atoms with Crippen LogP contribution in [0.3, 0.4) is 0 Å². The molecule has 0 bridgehead atoms. The van der Waals surface area contributed by atoms with Crippen molar-refractivity contribution in [3.8, 4) is 0 Å². The Bertz CT molecular complexity index is 578. The fourth-order valence-electron chi connectivity index (χ4n) is 3.75. The molecule has 1 aromatic heterocycles. The van der Waals surface area contributed by atoms with Gasteiger partial charge in [-0.1, -0.05) is 0 Å². The summed E-state index contributed by atoms with van der Waals surface area (Å²) in [6, 6.07) is -0.374. The van der Waals surface area contributed by atoms with Crippen LogP contribution in [0.15, 0.2) is 12.4 Å². The van der Waals surface area contributed by atoms with E-state index in [-0.39, 0.29) is 18.5 Å². The van der Waals surface area contributed by atoms with Gasteiger partial charge in [-0.15, -0.1) is 0 Å². The lowest BCUT2D eigenvalue weighted by molar-refractivity contribution is -0.159. The third-order valence-electron chi connectivity index (χ3n) is 5.12. The largest absolute Gasteiger partial charge is 0.406 e. The molecule has 2 aliphatic heterocycles. The maximum atomic E-state index is 12.5. The maximum absolute atomic E-state index is 12.5. The van der Waals surface area contributed by atoms with Gasteiger partial charge >= 0.3 is 6.18 Å². The molecule has 0 radical (unpaired) electrons. The Kier molecular flexibility index (Phi) is 4.85. The fourth-order valence-corrected chi connectivity index (χ4v) is 3.75. The van der Waals surface area contributed by atoms with Crippen LogP contribution in [-0.2, 0) is 18.3 Å². The van der Waals surface area contributed by atoms with Crippen molar-refractivity contribution < 1.29 is 18.0 Å². The molecule has 1 unspecified atom stereocenters. The lowest BCUT2D eigenvalue weighted by atomic mass is 9.92. The van der Waals surface area contributed by atoms with Gasteiger partial charge in [-0.05, 0) is 38.3 Å². The van der Waals surface area contributed by atoms with Crippen molar-refractivity contribution in [1.82, 2.24) is 19.4 Å². The zero-order chi connectivity index (χ0) is 17.3. The van der Waals surface area contributed by atoms with Gasteiger partial charge in [0.25, 0.3) is 0 Å². The Morgan fingerprint density at radius 2 is 1.92 bits per heavy atom. The van der Waals surface area contributed by atoms with E-state index >= 15 is 0 Å². The maximum Gasteiger partial charge on any atom is 0.406 e. The Morgan fingerprint density at radius 1 is 1.21 bits per heavy atom. The molecule has 0 aliphatic carbocycles. The highest BCUT2D eigenvalue weighted by Gasteiger charge is 2.42. The first kappa shape index (κ1) is 17.3. The molecule has 0 saturated carbocycles. The van der Waals surface area contributed by atoms with Gasteiger partial charge in [-0.2, -0.15) is 13.2 Å². The van der Waals surface area contributed by atoms with E-state index in [9.17, 15) is 18.0 Å². The minimum atomic E-state index is -4.32. The Labute approximate surface area is 139 Å². The Balaban J connectivity index is 1.50. The standard InChI is InChI=1S/C16H23F3N4O/c1-21-9-5-20-14(21)10-12-2-6-22(7-3-12)13-4-8-23(15(13)24)11-16(17,18)19/h5,9,12-13H,2-4,6-8,10-11H2,1H3. The lowest BCUT2D eigenvalue weighted by Crippen LogP contribution is -2.47.